The molecule has 0 spiro atoms. The molecule has 7 heteroatoms. The molecule has 0 aliphatic carbocycles. The molecule has 0 amide bonds. The number of nitrogens with zero attached hydrogens (tertiary/aromatic N) is 4. The van der Waals surface area contributed by atoms with Gasteiger partial charge in [0.1, 0.15) is 0 Å². The molecular weight excluding hydrogens is 278 g/mol. The van der Waals surface area contributed by atoms with Crippen LogP contribution in [0.2, 0.25) is 5.28 Å². The molecular formula is C13H24ClN5O. The highest BCUT2D eigenvalue weighted by Crippen LogP contribution is 2.12. The average molecular weight is 302 g/mol. The van der Waals surface area contributed by atoms with E-state index in [9.17, 15) is 0 Å². The van der Waals surface area contributed by atoms with Crippen molar-refractivity contribution in [1.82, 2.24) is 19.9 Å². The van der Waals surface area contributed by atoms with Gasteiger partial charge < -0.3 is 15.0 Å². The van der Waals surface area contributed by atoms with Gasteiger partial charge in [0.05, 0.1) is 6.10 Å². The average Bonchev–Trinajstić information content (AvgIpc) is 2.32. The highest BCUT2D eigenvalue weighted by atomic mass is 35.5. The zero-order valence-corrected chi connectivity index (χ0v) is 13.6. The van der Waals surface area contributed by atoms with Crippen LogP contribution in [0.5, 0.6) is 6.01 Å². The minimum absolute atomic E-state index is 0.000933. The third-order valence-corrected chi connectivity index (χ3v) is 2.95. The van der Waals surface area contributed by atoms with Crippen LogP contribution in [0, 0.1) is 0 Å². The van der Waals surface area contributed by atoms with Gasteiger partial charge in [-0.1, -0.05) is 0 Å². The van der Waals surface area contributed by atoms with Crippen LogP contribution in [0.25, 0.3) is 0 Å². The predicted molar refractivity (Wildman–Crippen MR) is 81.5 cm³/mol. The Morgan fingerprint density at radius 2 is 1.90 bits per heavy atom. The molecule has 0 atom stereocenters. The fourth-order valence-electron chi connectivity index (χ4n) is 1.46. The maximum atomic E-state index is 5.85. The Morgan fingerprint density at radius 1 is 1.20 bits per heavy atom. The molecule has 0 aliphatic heterocycles. The molecule has 0 fully saturated rings. The van der Waals surface area contributed by atoms with E-state index in [0.29, 0.717) is 12.0 Å². The second-order valence-electron chi connectivity index (χ2n) is 5.23. The van der Waals surface area contributed by atoms with E-state index in [4.69, 9.17) is 16.3 Å². The lowest BCUT2D eigenvalue weighted by atomic mass is 10.3. The number of rotatable bonds is 8. The van der Waals surface area contributed by atoms with Crippen molar-refractivity contribution in [3.8, 4) is 6.01 Å². The fourth-order valence-corrected chi connectivity index (χ4v) is 1.61. The third-order valence-electron chi connectivity index (χ3n) is 2.78. The first-order chi connectivity index (χ1) is 9.38. The quantitative estimate of drug-likeness (QED) is 0.744. The van der Waals surface area contributed by atoms with Gasteiger partial charge >= 0.3 is 6.01 Å². The van der Waals surface area contributed by atoms with Crippen molar-refractivity contribution in [3.63, 3.8) is 0 Å². The zero-order chi connectivity index (χ0) is 15.1. The molecule has 0 aromatic carbocycles. The normalized spacial score (nSPS) is 11.4. The van der Waals surface area contributed by atoms with E-state index in [0.717, 1.165) is 19.5 Å². The summed E-state index contributed by atoms with van der Waals surface area (Å²) < 4.78 is 5.42. The summed E-state index contributed by atoms with van der Waals surface area (Å²) in [7, 11) is 2.11. The monoisotopic (exact) mass is 301 g/mol. The van der Waals surface area contributed by atoms with Gasteiger partial charge in [0, 0.05) is 12.6 Å². The van der Waals surface area contributed by atoms with Crippen molar-refractivity contribution in [2.45, 2.75) is 46.3 Å². The number of hydrogen-bond acceptors (Lipinski definition) is 6. The molecule has 1 rings (SSSR count). The van der Waals surface area contributed by atoms with E-state index in [1.165, 1.54) is 0 Å². The summed E-state index contributed by atoms with van der Waals surface area (Å²) in [5.41, 5.74) is 0. The van der Waals surface area contributed by atoms with Gasteiger partial charge in [-0.05, 0) is 59.3 Å². The van der Waals surface area contributed by atoms with Gasteiger partial charge in [0.2, 0.25) is 11.2 Å². The van der Waals surface area contributed by atoms with Crippen LogP contribution in [-0.2, 0) is 0 Å². The Kier molecular flexibility index (Phi) is 6.95. The van der Waals surface area contributed by atoms with E-state index in [-0.39, 0.29) is 17.4 Å². The minimum Gasteiger partial charge on any atom is -0.461 e. The van der Waals surface area contributed by atoms with Gasteiger partial charge in [-0.15, -0.1) is 0 Å². The summed E-state index contributed by atoms with van der Waals surface area (Å²) in [5, 5.41) is 3.28. The first-order valence-electron chi connectivity index (χ1n) is 6.91. The van der Waals surface area contributed by atoms with Gasteiger partial charge in [-0.25, -0.2) is 0 Å². The molecule has 1 aromatic heterocycles. The van der Waals surface area contributed by atoms with Crippen LogP contribution in [0.1, 0.15) is 34.1 Å². The highest BCUT2D eigenvalue weighted by Gasteiger charge is 2.08. The molecule has 0 unspecified atom stereocenters. The summed E-state index contributed by atoms with van der Waals surface area (Å²) >= 11 is 5.85. The summed E-state index contributed by atoms with van der Waals surface area (Å²) in [6.45, 7) is 9.96. The Labute approximate surface area is 125 Å². The molecule has 1 N–H and O–H groups in total. The Balaban J connectivity index is 2.45. The van der Waals surface area contributed by atoms with Crippen LogP contribution < -0.4 is 10.1 Å². The van der Waals surface area contributed by atoms with E-state index in [2.05, 4.69) is 46.1 Å². The summed E-state index contributed by atoms with van der Waals surface area (Å²) in [6.07, 6.45) is 0.999. The number of hydrogen-bond donors (Lipinski definition) is 1. The first kappa shape index (κ1) is 16.9. The molecule has 1 heterocycles. The maximum absolute atomic E-state index is 5.85. The van der Waals surface area contributed by atoms with Crippen LogP contribution in [0.3, 0.4) is 0 Å². The van der Waals surface area contributed by atoms with E-state index in [1.54, 1.807) is 0 Å². The number of ether oxygens (including phenoxy) is 1. The fraction of sp³-hybridized carbons (Fsp3) is 0.769. The molecule has 0 bridgehead atoms. The summed E-state index contributed by atoms with van der Waals surface area (Å²) in [4.78, 5) is 14.4. The summed E-state index contributed by atoms with van der Waals surface area (Å²) in [5.74, 6) is 0.452. The molecule has 0 saturated heterocycles. The molecule has 0 radical (unpaired) electrons. The van der Waals surface area contributed by atoms with Gasteiger partial charge in [0.15, 0.2) is 0 Å². The highest BCUT2D eigenvalue weighted by molar-refractivity contribution is 6.28. The van der Waals surface area contributed by atoms with Gasteiger partial charge in [0.25, 0.3) is 0 Å². The zero-order valence-electron chi connectivity index (χ0n) is 12.9. The lowest BCUT2D eigenvalue weighted by molar-refractivity contribution is 0.222. The van der Waals surface area contributed by atoms with Crippen LogP contribution in [-0.4, -0.2) is 52.1 Å². The maximum Gasteiger partial charge on any atom is 0.322 e. The second kappa shape index (κ2) is 8.21. The second-order valence-corrected chi connectivity index (χ2v) is 5.57. The largest absolute Gasteiger partial charge is 0.461 e. The third kappa shape index (κ3) is 6.34. The van der Waals surface area contributed by atoms with Crippen LogP contribution in [0.15, 0.2) is 0 Å². The SMILES string of the molecule is CC(C)Oc1nc(Cl)nc(NCCCN(C)C(C)C)n1. The first-order valence-corrected chi connectivity index (χ1v) is 7.28. The van der Waals surface area contributed by atoms with E-state index in [1.807, 2.05) is 13.8 Å². The number of halogens is 1. The van der Waals surface area contributed by atoms with Crippen molar-refractivity contribution in [2.75, 3.05) is 25.5 Å². The molecule has 0 saturated carbocycles. The molecule has 0 aliphatic rings. The van der Waals surface area contributed by atoms with Crippen molar-refractivity contribution in [1.29, 1.82) is 0 Å². The molecule has 114 valence electrons. The minimum atomic E-state index is 0.000933. The smallest absolute Gasteiger partial charge is 0.322 e. The number of nitrogens with one attached hydrogen (secondary N) is 1. The van der Waals surface area contributed by atoms with Crippen molar-refractivity contribution >= 4 is 17.5 Å². The summed E-state index contributed by atoms with van der Waals surface area (Å²) in [6, 6.07) is 0.800. The van der Waals surface area contributed by atoms with Crippen LogP contribution in [0.4, 0.5) is 5.95 Å². The molecule has 20 heavy (non-hydrogen) atoms. The topological polar surface area (TPSA) is 63.2 Å². The lowest BCUT2D eigenvalue weighted by Gasteiger charge is -2.20. The van der Waals surface area contributed by atoms with Gasteiger partial charge in [-0.2, -0.15) is 15.0 Å². The van der Waals surface area contributed by atoms with E-state index >= 15 is 0 Å². The Morgan fingerprint density at radius 3 is 2.50 bits per heavy atom. The number of aromatic nitrogens is 3. The lowest BCUT2D eigenvalue weighted by Crippen LogP contribution is -2.28. The number of anilines is 1. The predicted octanol–water partition coefficient (Wildman–Crippen LogP) is 2.45. The van der Waals surface area contributed by atoms with Crippen molar-refractivity contribution < 1.29 is 4.74 Å². The van der Waals surface area contributed by atoms with Crippen molar-refractivity contribution in [2.24, 2.45) is 0 Å². The Bertz CT molecular complexity index is 414. The Hall–Kier alpha value is -1.14. The van der Waals surface area contributed by atoms with Crippen LogP contribution >= 0.6 is 11.6 Å². The standard InChI is InChI=1S/C13H24ClN5O/c1-9(2)19(5)8-6-7-15-12-16-11(14)17-13(18-12)20-10(3)4/h9-10H,6-8H2,1-5H3,(H,15,16,17,18). The molecule has 6 nitrogen and oxygen atoms in total. The van der Waals surface area contributed by atoms with Crippen molar-refractivity contribution in [3.05, 3.63) is 5.28 Å². The van der Waals surface area contributed by atoms with E-state index < -0.39 is 0 Å². The molecule has 1 aromatic rings. The van der Waals surface area contributed by atoms with Gasteiger partial charge in [-0.3, -0.25) is 0 Å².